The number of likely N-dealkylation sites (tertiary alicyclic amines) is 2. The van der Waals surface area contributed by atoms with Crippen LogP contribution in [-0.4, -0.2) is 88.3 Å². The smallest absolute Gasteiger partial charge is 0.326 e. The molecule has 12 nitrogen and oxygen atoms in total. The highest BCUT2D eigenvalue weighted by Crippen LogP contribution is 2.26. The number of carbonyl (C=O) groups is 5. The van der Waals surface area contributed by atoms with E-state index in [4.69, 9.17) is 17.2 Å². The number of carboxylic acids is 1. The molecule has 4 unspecified atom stereocenters. The maximum Gasteiger partial charge on any atom is 0.326 e. The number of nitrogens with two attached hydrogens (primary N) is 3. The second-order valence-electron chi connectivity index (χ2n) is 8.67. The zero-order chi connectivity index (χ0) is 24.5. The van der Waals surface area contributed by atoms with Gasteiger partial charge in [-0.05, 0) is 57.9 Å². The van der Waals surface area contributed by atoms with E-state index in [0.29, 0.717) is 64.6 Å². The average molecular weight is 469 g/mol. The van der Waals surface area contributed by atoms with Crippen LogP contribution in [0, 0.1) is 0 Å². The Kier molecular flexibility index (Phi) is 10.0. The Morgan fingerprint density at radius 1 is 0.970 bits per heavy atom. The summed E-state index contributed by atoms with van der Waals surface area (Å²) in [6.45, 7) is 1.13. The van der Waals surface area contributed by atoms with E-state index in [1.165, 1.54) is 9.80 Å². The first-order valence-corrected chi connectivity index (χ1v) is 11.6. The van der Waals surface area contributed by atoms with Crippen molar-refractivity contribution in [1.82, 2.24) is 15.1 Å². The Hall–Kier alpha value is -2.73. The number of primary amides is 1. The molecule has 2 aliphatic heterocycles. The van der Waals surface area contributed by atoms with E-state index in [-0.39, 0.29) is 18.7 Å². The number of amides is 4. The quantitative estimate of drug-likeness (QED) is 0.208. The van der Waals surface area contributed by atoms with Crippen molar-refractivity contribution < 1.29 is 29.1 Å². The zero-order valence-corrected chi connectivity index (χ0v) is 18.9. The van der Waals surface area contributed by atoms with E-state index in [2.05, 4.69) is 5.32 Å². The molecule has 0 bridgehead atoms. The predicted molar refractivity (Wildman–Crippen MR) is 118 cm³/mol. The van der Waals surface area contributed by atoms with E-state index in [1.807, 2.05) is 0 Å². The Bertz CT molecular complexity index is 747. The second kappa shape index (κ2) is 12.5. The number of aliphatic carboxylic acids is 1. The second-order valence-corrected chi connectivity index (χ2v) is 8.67. The van der Waals surface area contributed by atoms with E-state index < -0.39 is 47.9 Å². The van der Waals surface area contributed by atoms with Crippen molar-refractivity contribution in [3.63, 3.8) is 0 Å². The largest absolute Gasteiger partial charge is 0.480 e. The molecule has 0 spiro atoms. The molecular formula is C21H36N6O6. The number of carboxylic acid groups (broad SMARTS) is 1. The van der Waals surface area contributed by atoms with Crippen LogP contribution < -0.4 is 22.5 Å². The van der Waals surface area contributed by atoms with Crippen molar-refractivity contribution in [2.24, 2.45) is 17.2 Å². The molecule has 12 heteroatoms. The summed E-state index contributed by atoms with van der Waals surface area (Å²) in [5, 5.41) is 12.1. The summed E-state index contributed by atoms with van der Waals surface area (Å²) >= 11 is 0. The molecule has 2 saturated heterocycles. The van der Waals surface area contributed by atoms with E-state index in [0.717, 1.165) is 0 Å². The molecule has 4 atom stereocenters. The van der Waals surface area contributed by atoms with Gasteiger partial charge in [0.05, 0.1) is 6.04 Å². The lowest BCUT2D eigenvalue weighted by Gasteiger charge is -2.32. The van der Waals surface area contributed by atoms with Crippen LogP contribution in [0.3, 0.4) is 0 Å². The van der Waals surface area contributed by atoms with Gasteiger partial charge in [-0.15, -0.1) is 0 Å². The molecule has 33 heavy (non-hydrogen) atoms. The molecule has 0 aromatic carbocycles. The van der Waals surface area contributed by atoms with Crippen LogP contribution in [0.1, 0.15) is 57.8 Å². The minimum Gasteiger partial charge on any atom is -0.480 e. The van der Waals surface area contributed by atoms with Gasteiger partial charge in [-0.2, -0.15) is 0 Å². The van der Waals surface area contributed by atoms with Crippen LogP contribution in [0.25, 0.3) is 0 Å². The molecular weight excluding hydrogens is 432 g/mol. The van der Waals surface area contributed by atoms with E-state index in [9.17, 15) is 29.1 Å². The van der Waals surface area contributed by atoms with Crippen LogP contribution in [0.2, 0.25) is 0 Å². The molecule has 2 heterocycles. The van der Waals surface area contributed by atoms with Crippen LogP contribution in [0.15, 0.2) is 0 Å². The van der Waals surface area contributed by atoms with Gasteiger partial charge in [-0.3, -0.25) is 19.2 Å². The molecule has 4 amide bonds. The Labute approximate surface area is 193 Å². The van der Waals surface area contributed by atoms with Crippen molar-refractivity contribution in [3.8, 4) is 0 Å². The summed E-state index contributed by atoms with van der Waals surface area (Å²) < 4.78 is 0. The van der Waals surface area contributed by atoms with Gasteiger partial charge >= 0.3 is 5.97 Å². The Balaban J connectivity index is 2.11. The number of nitrogens with one attached hydrogen (secondary N) is 1. The van der Waals surface area contributed by atoms with Gasteiger partial charge in [0.1, 0.15) is 18.1 Å². The van der Waals surface area contributed by atoms with Crippen LogP contribution in [0.4, 0.5) is 0 Å². The van der Waals surface area contributed by atoms with Crippen LogP contribution in [-0.2, 0) is 24.0 Å². The number of hydrogen-bond acceptors (Lipinski definition) is 7. The van der Waals surface area contributed by atoms with Crippen molar-refractivity contribution in [1.29, 1.82) is 0 Å². The summed E-state index contributed by atoms with van der Waals surface area (Å²) in [6, 6.07) is -3.53. The number of hydrogen-bond donors (Lipinski definition) is 5. The molecule has 0 radical (unpaired) electrons. The maximum atomic E-state index is 13.4. The summed E-state index contributed by atoms with van der Waals surface area (Å²) in [7, 11) is 0. The third-order valence-electron chi connectivity index (χ3n) is 6.24. The lowest BCUT2D eigenvalue weighted by molar-refractivity contribution is -0.152. The molecule has 2 fully saturated rings. The SMILES string of the molecule is NCCCCC(NC(=O)C(N)CCC(N)=O)C(=O)N1CCCC1C(=O)N1CCCC1C(=O)O. The highest BCUT2D eigenvalue weighted by atomic mass is 16.4. The Morgan fingerprint density at radius 2 is 1.61 bits per heavy atom. The molecule has 8 N–H and O–H groups in total. The first kappa shape index (κ1) is 26.5. The minimum absolute atomic E-state index is 0.0519. The van der Waals surface area contributed by atoms with Crippen molar-refractivity contribution in [2.45, 2.75) is 82.0 Å². The minimum atomic E-state index is -1.05. The van der Waals surface area contributed by atoms with Crippen LogP contribution in [0.5, 0.6) is 0 Å². The number of rotatable bonds is 12. The maximum absolute atomic E-state index is 13.4. The fraction of sp³-hybridized carbons (Fsp3) is 0.762. The highest BCUT2D eigenvalue weighted by molar-refractivity contribution is 5.94. The summed E-state index contributed by atoms with van der Waals surface area (Å²) in [6.07, 6.45) is 3.61. The number of carbonyl (C=O) groups excluding carboxylic acids is 4. The lowest BCUT2D eigenvalue weighted by Crippen LogP contribution is -2.56. The summed E-state index contributed by atoms with van der Waals surface area (Å²) in [5.74, 6) is -2.96. The molecule has 0 aromatic rings. The van der Waals surface area contributed by atoms with Gasteiger partial charge in [0.25, 0.3) is 0 Å². The van der Waals surface area contributed by atoms with E-state index >= 15 is 0 Å². The topological polar surface area (TPSA) is 202 Å². The van der Waals surface area contributed by atoms with Crippen molar-refractivity contribution in [2.75, 3.05) is 19.6 Å². The molecule has 0 aliphatic carbocycles. The molecule has 186 valence electrons. The van der Waals surface area contributed by atoms with E-state index in [1.54, 1.807) is 0 Å². The van der Waals surface area contributed by atoms with Crippen molar-refractivity contribution >= 4 is 29.6 Å². The average Bonchev–Trinajstić information content (AvgIpc) is 3.45. The van der Waals surface area contributed by atoms with Gasteiger partial charge in [-0.25, -0.2) is 4.79 Å². The Morgan fingerprint density at radius 3 is 2.21 bits per heavy atom. The van der Waals surface area contributed by atoms with Gasteiger partial charge < -0.3 is 37.4 Å². The number of unbranched alkanes of at least 4 members (excludes halogenated alkanes) is 1. The van der Waals surface area contributed by atoms with Crippen LogP contribution >= 0.6 is 0 Å². The van der Waals surface area contributed by atoms with Gasteiger partial charge in [-0.1, -0.05) is 0 Å². The standard InChI is InChI=1S/C21H36N6O6/c22-10-2-1-5-14(25-18(29)13(23)8-9-17(24)28)19(30)26-11-3-6-15(26)20(31)27-12-4-7-16(27)21(32)33/h13-16H,1-12,22-23H2,(H2,24,28)(H,25,29)(H,32,33). The lowest BCUT2D eigenvalue weighted by atomic mass is 10.0. The summed E-state index contributed by atoms with van der Waals surface area (Å²) in [5.41, 5.74) is 16.5. The molecule has 2 rings (SSSR count). The third kappa shape index (κ3) is 7.13. The molecule has 0 saturated carbocycles. The highest BCUT2D eigenvalue weighted by Gasteiger charge is 2.43. The molecule has 2 aliphatic rings. The fourth-order valence-corrected chi connectivity index (χ4v) is 4.42. The van der Waals surface area contributed by atoms with Gasteiger partial charge in [0.15, 0.2) is 0 Å². The summed E-state index contributed by atoms with van der Waals surface area (Å²) in [4.78, 5) is 64.3. The van der Waals surface area contributed by atoms with Crippen molar-refractivity contribution in [3.05, 3.63) is 0 Å². The fourth-order valence-electron chi connectivity index (χ4n) is 4.42. The van der Waals surface area contributed by atoms with Gasteiger partial charge in [0, 0.05) is 19.5 Å². The monoisotopic (exact) mass is 468 g/mol. The third-order valence-corrected chi connectivity index (χ3v) is 6.24. The predicted octanol–water partition coefficient (Wildman–Crippen LogP) is -1.74. The van der Waals surface area contributed by atoms with Gasteiger partial charge in [0.2, 0.25) is 23.6 Å². The normalized spacial score (nSPS) is 22.1. The molecule has 0 aromatic heterocycles. The zero-order valence-electron chi connectivity index (χ0n) is 18.9. The first-order chi connectivity index (χ1) is 15.7. The number of nitrogens with zero attached hydrogens (tertiary/aromatic N) is 2. The first-order valence-electron chi connectivity index (χ1n) is 11.6.